The quantitative estimate of drug-likeness (QED) is 0.379. The number of rotatable bonds is 3. The summed E-state index contributed by atoms with van der Waals surface area (Å²) in [6.07, 6.45) is 0. The lowest BCUT2D eigenvalue weighted by Crippen LogP contribution is -1.86. The molecule has 0 saturated carbocycles. The number of hydrogen-bond donors (Lipinski definition) is 1. The molecule has 0 saturated heterocycles. The number of nitrogens with one attached hydrogen (secondary N) is 1. The Labute approximate surface area is 165 Å². The van der Waals surface area contributed by atoms with Gasteiger partial charge in [-0.3, -0.25) is 0 Å². The van der Waals surface area contributed by atoms with Crippen LogP contribution in [0.3, 0.4) is 0 Å². The first kappa shape index (κ1) is 16.4. The Hall–Kier alpha value is -2.76. The zero-order valence-corrected chi connectivity index (χ0v) is 16.6. The molecule has 2 heterocycles. The Morgan fingerprint density at radius 3 is 2.00 bits per heavy atom. The summed E-state index contributed by atoms with van der Waals surface area (Å²) in [6.45, 7) is 2.12. The Balaban J connectivity index is 1.56. The average molecular weight is 388 g/mol. The summed E-state index contributed by atoms with van der Waals surface area (Å²) in [5.41, 5.74) is 6.77. The highest BCUT2D eigenvalue weighted by molar-refractivity contribution is 7.22. The number of aromatic nitrogens is 2. The van der Waals surface area contributed by atoms with E-state index in [-0.39, 0.29) is 0 Å². The van der Waals surface area contributed by atoms with E-state index in [1.165, 1.54) is 15.0 Å². The molecule has 0 fully saturated rings. The molecule has 0 aliphatic heterocycles. The number of fused-ring (bicyclic) bond motifs is 2. The van der Waals surface area contributed by atoms with Gasteiger partial charge < -0.3 is 5.32 Å². The van der Waals surface area contributed by atoms with Crippen LogP contribution in [0.5, 0.6) is 0 Å². The fraction of sp³-hybridized carbons (Fsp3) is 0.0909. The van der Waals surface area contributed by atoms with Gasteiger partial charge in [-0.25, -0.2) is 9.97 Å². The minimum Gasteiger partial charge on any atom is -0.388 e. The highest BCUT2D eigenvalue weighted by atomic mass is 32.1. The molecule has 0 atom stereocenters. The van der Waals surface area contributed by atoms with Crippen molar-refractivity contribution in [1.29, 1.82) is 0 Å². The molecule has 132 valence electrons. The van der Waals surface area contributed by atoms with Crippen molar-refractivity contribution in [3.63, 3.8) is 0 Å². The highest BCUT2D eigenvalue weighted by Crippen LogP contribution is 2.36. The van der Waals surface area contributed by atoms with Crippen molar-refractivity contribution in [1.82, 2.24) is 9.97 Å². The van der Waals surface area contributed by atoms with Crippen LogP contribution in [0, 0.1) is 6.92 Å². The number of anilines is 1. The Bertz CT molecular complexity index is 1270. The lowest BCUT2D eigenvalue weighted by atomic mass is 10.2. The molecule has 3 aromatic carbocycles. The number of benzene rings is 3. The molecule has 0 spiro atoms. The van der Waals surface area contributed by atoms with Gasteiger partial charge in [-0.1, -0.05) is 6.07 Å². The van der Waals surface area contributed by atoms with Crippen LogP contribution in [-0.2, 0) is 0 Å². The van der Waals surface area contributed by atoms with Crippen LogP contribution in [0.15, 0.2) is 60.7 Å². The lowest BCUT2D eigenvalue weighted by molar-refractivity contribution is 1.45. The van der Waals surface area contributed by atoms with Crippen LogP contribution in [0.4, 0.5) is 5.69 Å². The minimum absolute atomic E-state index is 1.04. The first-order chi connectivity index (χ1) is 13.2. The summed E-state index contributed by atoms with van der Waals surface area (Å²) in [5, 5.41) is 5.26. The lowest BCUT2D eigenvalue weighted by Gasteiger charge is -2.00. The minimum atomic E-state index is 1.04. The van der Waals surface area contributed by atoms with E-state index in [0.717, 1.165) is 37.9 Å². The maximum Gasteiger partial charge on any atom is 0.124 e. The maximum absolute atomic E-state index is 4.81. The van der Waals surface area contributed by atoms with E-state index < -0.39 is 0 Å². The van der Waals surface area contributed by atoms with Crippen LogP contribution in [0.25, 0.3) is 41.6 Å². The van der Waals surface area contributed by atoms with E-state index in [1.54, 1.807) is 22.7 Å². The highest BCUT2D eigenvalue weighted by Gasteiger charge is 2.11. The monoisotopic (exact) mass is 387 g/mol. The molecular formula is C22H17N3S2. The van der Waals surface area contributed by atoms with E-state index in [2.05, 4.69) is 72.9 Å². The molecular weight excluding hydrogens is 370 g/mol. The van der Waals surface area contributed by atoms with Crippen molar-refractivity contribution in [2.75, 3.05) is 12.4 Å². The van der Waals surface area contributed by atoms with Crippen molar-refractivity contribution in [2.24, 2.45) is 0 Å². The second kappa shape index (κ2) is 6.44. The van der Waals surface area contributed by atoms with Gasteiger partial charge in [-0.05, 0) is 67.1 Å². The molecule has 1 N–H and O–H groups in total. The zero-order chi connectivity index (χ0) is 18.4. The van der Waals surface area contributed by atoms with Crippen molar-refractivity contribution in [2.45, 2.75) is 6.92 Å². The summed E-state index contributed by atoms with van der Waals surface area (Å²) >= 11 is 3.47. The molecule has 3 nitrogen and oxygen atoms in total. The summed E-state index contributed by atoms with van der Waals surface area (Å²) in [6, 6.07) is 21.2. The molecule has 0 bridgehead atoms. The third-order valence-electron chi connectivity index (χ3n) is 4.60. The SMILES string of the molecule is CNc1ccc(-c2nc3ccc(-c4nc5ccc(C)cc5s4)cc3s2)cc1. The largest absolute Gasteiger partial charge is 0.388 e. The van der Waals surface area contributed by atoms with Crippen LogP contribution in [0.1, 0.15) is 5.56 Å². The Morgan fingerprint density at radius 1 is 0.704 bits per heavy atom. The number of aryl methyl sites for hydroxylation is 1. The molecule has 0 radical (unpaired) electrons. The average Bonchev–Trinajstić information content (AvgIpc) is 3.31. The number of nitrogens with zero attached hydrogens (tertiary/aromatic N) is 2. The smallest absolute Gasteiger partial charge is 0.124 e. The molecule has 0 aliphatic carbocycles. The van der Waals surface area contributed by atoms with Crippen molar-refractivity contribution >= 4 is 48.8 Å². The number of thiazole rings is 2. The van der Waals surface area contributed by atoms with Gasteiger partial charge in [0.25, 0.3) is 0 Å². The molecule has 0 aliphatic rings. The fourth-order valence-corrected chi connectivity index (χ4v) is 5.19. The van der Waals surface area contributed by atoms with Crippen LogP contribution < -0.4 is 5.32 Å². The third kappa shape index (κ3) is 2.99. The van der Waals surface area contributed by atoms with Gasteiger partial charge in [-0.15, -0.1) is 22.7 Å². The molecule has 5 rings (SSSR count). The van der Waals surface area contributed by atoms with E-state index in [0.29, 0.717) is 0 Å². The van der Waals surface area contributed by atoms with Crippen LogP contribution in [0.2, 0.25) is 0 Å². The van der Waals surface area contributed by atoms with E-state index >= 15 is 0 Å². The molecule has 0 amide bonds. The predicted octanol–water partition coefficient (Wildman–Crippen LogP) is 6.59. The first-order valence-corrected chi connectivity index (χ1v) is 10.4. The number of hydrogen-bond acceptors (Lipinski definition) is 5. The molecule has 5 aromatic rings. The van der Waals surface area contributed by atoms with Crippen molar-refractivity contribution in [3.8, 4) is 21.1 Å². The van der Waals surface area contributed by atoms with Gasteiger partial charge in [0.05, 0.1) is 20.4 Å². The van der Waals surface area contributed by atoms with Crippen molar-refractivity contribution < 1.29 is 0 Å². The molecule has 27 heavy (non-hydrogen) atoms. The van der Waals surface area contributed by atoms with E-state index in [4.69, 9.17) is 9.97 Å². The Kier molecular flexibility index (Phi) is 3.92. The fourth-order valence-electron chi connectivity index (χ4n) is 3.12. The van der Waals surface area contributed by atoms with Crippen LogP contribution in [-0.4, -0.2) is 17.0 Å². The molecule has 0 unspecified atom stereocenters. The summed E-state index contributed by atoms with van der Waals surface area (Å²) in [4.78, 5) is 9.62. The second-order valence-electron chi connectivity index (χ2n) is 6.52. The van der Waals surface area contributed by atoms with E-state index in [1.807, 2.05) is 7.05 Å². The zero-order valence-electron chi connectivity index (χ0n) is 15.0. The van der Waals surface area contributed by atoms with Gasteiger partial charge >= 0.3 is 0 Å². The second-order valence-corrected chi connectivity index (χ2v) is 8.58. The standard InChI is InChI=1S/C22H17N3S2/c1-13-3-9-17-19(11-13)26-22(25-17)15-6-10-18-20(12-15)27-21(24-18)14-4-7-16(23-2)8-5-14/h3-12,23H,1-2H3. The van der Waals surface area contributed by atoms with Crippen LogP contribution >= 0.6 is 22.7 Å². The topological polar surface area (TPSA) is 37.8 Å². The van der Waals surface area contributed by atoms with Gasteiger partial charge in [0.1, 0.15) is 10.0 Å². The van der Waals surface area contributed by atoms with E-state index in [9.17, 15) is 0 Å². The normalized spacial score (nSPS) is 11.3. The Morgan fingerprint density at radius 2 is 1.30 bits per heavy atom. The summed E-state index contributed by atoms with van der Waals surface area (Å²) < 4.78 is 2.43. The predicted molar refractivity (Wildman–Crippen MR) is 118 cm³/mol. The maximum atomic E-state index is 4.81. The molecule has 2 aromatic heterocycles. The third-order valence-corrected chi connectivity index (χ3v) is 6.73. The first-order valence-electron chi connectivity index (χ1n) is 8.76. The van der Waals surface area contributed by atoms with Gasteiger partial charge in [-0.2, -0.15) is 0 Å². The molecule has 5 heteroatoms. The van der Waals surface area contributed by atoms with Crippen molar-refractivity contribution in [3.05, 3.63) is 66.2 Å². The van der Waals surface area contributed by atoms with Gasteiger partial charge in [0.15, 0.2) is 0 Å². The summed E-state index contributed by atoms with van der Waals surface area (Å²) in [5.74, 6) is 0. The van der Waals surface area contributed by atoms with Gasteiger partial charge in [0.2, 0.25) is 0 Å². The van der Waals surface area contributed by atoms with Gasteiger partial charge in [0, 0.05) is 23.9 Å². The summed E-state index contributed by atoms with van der Waals surface area (Å²) in [7, 11) is 1.93.